The Morgan fingerprint density at radius 2 is 1.94 bits per heavy atom. The first kappa shape index (κ1) is 13.5. The minimum Gasteiger partial charge on any atom is -0.508 e. The molecule has 0 amide bonds. The van der Waals surface area contributed by atoms with Crippen molar-refractivity contribution in [3.8, 4) is 5.75 Å². The van der Waals surface area contributed by atoms with Crippen LogP contribution in [0.5, 0.6) is 5.75 Å². The number of carbonyl (C=O) groups is 1. The van der Waals surface area contributed by atoms with Crippen LogP contribution in [0.3, 0.4) is 0 Å². The number of sulfone groups is 1. The molecule has 0 saturated carbocycles. The van der Waals surface area contributed by atoms with E-state index in [1.807, 2.05) is 0 Å². The third-order valence-corrected chi connectivity index (χ3v) is 4.55. The summed E-state index contributed by atoms with van der Waals surface area (Å²) in [7, 11) is -3.37. The van der Waals surface area contributed by atoms with Gasteiger partial charge in [-0.3, -0.25) is 0 Å². The fourth-order valence-corrected chi connectivity index (χ4v) is 2.29. The molecular weight excluding hydrogens is 244 g/mol. The molecule has 0 aromatic heterocycles. The zero-order valence-corrected chi connectivity index (χ0v) is 10.4. The predicted molar refractivity (Wildman–Crippen MR) is 62.8 cm³/mol. The molecule has 0 atom stereocenters. The summed E-state index contributed by atoms with van der Waals surface area (Å²) in [6, 6.07) is 3.64. The van der Waals surface area contributed by atoms with Crippen LogP contribution in [0.2, 0.25) is 0 Å². The summed E-state index contributed by atoms with van der Waals surface area (Å²) in [6.07, 6.45) is 0. The molecule has 0 unspecified atom stereocenters. The van der Waals surface area contributed by atoms with Crippen LogP contribution in [-0.4, -0.2) is 29.9 Å². The van der Waals surface area contributed by atoms with Gasteiger partial charge in [-0.05, 0) is 31.5 Å². The number of carboxylic acids is 1. The largest absolute Gasteiger partial charge is 0.508 e. The first-order valence-electron chi connectivity index (χ1n) is 5.01. The lowest BCUT2D eigenvalue weighted by Gasteiger charge is -2.10. The van der Waals surface area contributed by atoms with E-state index in [-0.39, 0.29) is 22.6 Å². The Labute approximate surface area is 99.6 Å². The second-order valence-electron chi connectivity index (χ2n) is 4.00. The normalized spacial score (nSPS) is 11.7. The van der Waals surface area contributed by atoms with Crippen molar-refractivity contribution < 1.29 is 23.4 Å². The first-order chi connectivity index (χ1) is 7.74. The van der Waals surface area contributed by atoms with Gasteiger partial charge < -0.3 is 10.2 Å². The van der Waals surface area contributed by atoms with Gasteiger partial charge in [-0.1, -0.05) is 6.07 Å². The molecule has 6 heteroatoms. The maximum Gasteiger partial charge on any atom is 0.336 e. The van der Waals surface area contributed by atoms with Gasteiger partial charge in [0, 0.05) is 0 Å². The topological polar surface area (TPSA) is 91.7 Å². The molecular formula is C11H14O5S. The number of rotatable bonds is 4. The average molecular weight is 258 g/mol. The molecule has 0 aliphatic carbocycles. The molecule has 5 nitrogen and oxygen atoms in total. The van der Waals surface area contributed by atoms with Crippen molar-refractivity contribution in [2.45, 2.75) is 24.9 Å². The molecule has 1 aromatic carbocycles. The molecule has 0 saturated heterocycles. The van der Waals surface area contributed by atoms with Crippen LogP contribution >= 0.6 is 0 Å². The minimum absolute atomic E-state index is 0.184. The molecule has 1 aromatic rings. The summed E-state index contributed by atoms with van der Waals surface area (Å²) < 4.78 is 23.4. The lowest BCUT2D eigenvalue weighted by molar-refractivity contribution is 0.0695. The number of carboxylic acid groups (broad SMARTS) is 1. The number of phenols is 1. The van der Waals surface area contributed by atoms with Crippen molar-refractivity contribution in [2.24, 2.45) is 0 Å². The maximum absolute atomic E-state index is 11.7. The van der Waals surface area contributed by atoms with Crippen molar-refractivity contribution >= 4 is 15.8 Å². The number of hydrogen-bond acceptors (Lipinski definition) is 4. The zero-order valence-electron chi connectivity index (χ0n) is 9.54. The van der Waals surface area contributed by atoms with Gasteiger partial charge >= 0.3 is 5.97 Å². The van der Waals surface area contributed by atoms with Crippen LogP contribution in [-0.2, 0) is 15.6 Å². The van der Waals surface area contributed by atoms with Gasteiger partial charge in [0.2, 0.25) is 0 Å². The molecule has 1 rings (SSSR count). The fraction of sp³-hybridized carbons (Fsp3) is 0.364. The fourth-order valence-electron chi connectivity index (χ4n) is 1.27. The van der Waals surface area contributed by atoms with E-state index in [9.17, 15) is 18.3 Å². The van der Waals surface area contributed by atoms with Gasteiger partial charge in [0.05, 0.1) is 16.6 Å². The van der Waals surface area contributed by atoms with Gasteiger partial charge in [0.1, 0.15) is 5.75 Å². The first-order valence-corrected chi connectivity index (χ1v) is 6.72. The Bertz CT molecular complexity index is 531. The molecule has 94 valence electrons. The van der Waals surface area contributed by atoms with Crippen LogP contribution in [0.25, 0.3) is 0 Å². The molecule has 0 heterocycles. The molecule has 0 aliphatic rings. The Kier molecular flexibility index (Phi) is 3.77. The Hall–Kier alpha value is -1.56. The average Bonchev–Trinajstić information content (AvgIpc) is 2.19. The highest BCUT2D eigenvalue weighted by atomic mass is 32.2. The highest BCUT2D eigenvalue weighted by molar-refractivity contribution is 7.91. The maximum atomic E-state index is 11.7. The van der Waals surface area contributed by atoms with E-state index in [2.05, 4.69) is 0 Å². The van der Waals surface area contributed by atoms with E-state index >= 15 is 0 Å². The minimum atomic E-state index is -3.37. The van der Waals surface area contributed by atoms with Crippen LogP contribution < -0.4 is 0 Å². The van der Waals surface area contributed by atoms with Crippen LogP contribution in [0.4, 0.5) is 0 Å². The van der Waals surface area contributed by atoms with Crippen LogP contribution in [0.1, 0.15) is 29.8 Å². The molecule has 0 bridgehead atoms. The van der Waals surface area contributed by atoms with Crippen molar-refractivity contribution in [1.29, 1.82) is 0 Å². The van der Waals surface area contributed by atoms with Crippen molar-refractivity contribution in [1.82, 2.24) is 0 Å². The Morgan fingerprint density at radius 1 is 1.35 bits per heavy atom. The lowest BCUT2D eigenvalue weighted by Crippen LogP contribution is -2.17. The highest BCUT2D eigenvalue weighted by Crippen LogP contribution is 2.20. The summed E-state index contributed by atoms with van der Waals surface area (Å²) in [6.45, 7) is 3.08. The van der Waals surface area contributed by atoms with Gasteiger partial charge in [0.15, 0.2) is 9.84 Å². The predicted octanol–water partition coefficient (Wildman–Crippen LogP) is 1.41. The van der Waals surface area contributed by atoms with Gasteiger partial charge in [-0.15, -0.1) is 0 Å². The van der Waals surface area contributed by atoms with E-state index in [1.165, 1.54) is 26.0 Å². The van der Waals surface area contributed by atoms with Crippen LogP contribution in [0, 0.1) is 0 Å². The van der Waals surface area contributed by atoms with Gasteiger partial charge in [-0.25, -0.2) is 13.2 Å². The quantitative estimate of drug-likeness (QED) is 0.852. The second-order valence-corrected chi connectivity index (χ2v) is 6.56. The SMILES string of the molecule is CC(C)S(=O)(=O)Cc1ccc(O)cc1C(=O)O. The lowest BCUT2D eigenvalue weighted by atomic mass is 10.1. The summed E-state index contributed by atoms with van der Waals surface area (Å²) >= 11 is 0. The number of phenolic OH excluding ortho intramolecular Hbond substituents is 1. The third-order valence-electron chi connectivity index (χ3n) is 2.40. The summed E-state index contributed by atoms with van der Waals surface area (Å²) in [5.41, 5.74) is -0.00164. The second kappa shape index (κ2) is 4.75. The van der Waals surface area contributed by atoms with E-state index in [0.29, 0.717) is 0 Å². The molecule has 0 aliphatic heterocycles. The smallest absolute Gasteiger partial charge is 0.336 e. The van der Waals surface area contributed by atoms with Crippen molar-refractivity contribution in [2.75, 3.05) is 0 Å². The van der Waals surface area contributed by atoms with Crippen LogP contribution in [0.15, 0.2) is 18.2 Å². The molecule has 17 heavy (non-hydrogen) atoms. The monoisotopic (exact) mass is 258 g/mol. The zero-order chi connectivity index (χ0) is 13.2. The van der Waals surface area contributed by atoms with Crippen molar-refractivity contribution in [3.63, 3.8) is 0 Å². The summed E-state index contributed by atoms with van der Waals surface area (Å²) in [4.78, 5) is 10.9. The van der Waals surface area contributed by atoms with E-state index in [1.54, 1.807) is 0 Å². The molecule has 0 spiro atoms. The van der Waals surface area contributed by atoms with Gasteiger partial charge in [-0.2, -0.15) is 0 Å². The molecule has 0 radical (unpaired) electrons. The number of hydrogen-bond donors (Lipinski definition) is 2. The van der Waals surface area contributed by atoms with E-state index < -0.39 is 21.1 Å². The Morgan fingerprint density at radius 3 is 2.41 bits per heavy atom. The number of benzene rings is 1. The Balaban J connectivity index is 3.20. The van der Waals surface area contributed by atoms with E-state index in [0.717, 1.165) is 6.07 Å². The van der Waals surface area contributed by atoms with Crippen molar-refractivity contribution in [3.05, 3.63) is 29.3 Å². The molecule has 0 fully saturated rings. The van der Waals surface area contributed by atoms with Gasteiger partial charge in [0.25, 0.3) is 0 Å². The molecule has 2 N–H and O–H groups in total. The standard InChI is InChI=1S/C11H14O5S/c1-7(2)17(15,16)6-8-3-4-9(12)5-10(8)11(13)14/h3-5,7,12H,6H2,1-2H3,(H,13,14). The van der Waals surface area contributed by atoms with E-state index in [4.69, 9.17) is 5.11 Å². The summed E-state index contributed by atoms with van der Waals surface area (Å²) in [5.74, 6) is -1.80. The number of aromatic hydroxyl groups is 1. The third kappa shape index (κ3) is 3.20. The summed E-state index contributed by atoms with van der Waals surface area (Å²) in [5, 5.41) is 17.5. The highest BCUT2D eigenvalue weighted by Gasteiger charge is 2.21. The number of aromatic carboxylic acids is 1.